The van der Waals surface area contributed by atoms with Crippen molar-refractivity contribution >= 4 is 23.1 Å². The molecule has 0 bridgehead atoms. The number of hydrogen-bond donors (Lipinski definition) is 2. The molecule has 0 spiro atoms. The number of pyridine rings is 1. The minimum Gasteiger partial charge on any atom is -0.497 e. The molecule has 3 aromatic rings. The van der Waals surface area contributed by atoms with E-state index in [9.17, 15) is 4.79 Å². The third-order valence-corrected chi connectivity index (χ3v) is 3.45. The van der Waals surface area contributed by atoms with Crippen molar-refractivity contribution in [2.24, 2.45) is 0 Å². The molecule has 0 aliphatic heterocycles. The molecule has 0 aliphatic rings. The zero-order chi connectivity index (χ0) is 16.8. The van der Waals surface area contributed by atoms with E-state index in [-0.39, 0.29) is 5.91 Å². The summed E-state index contributed by atoms with van der Waals surface area (Å²) in [6.45, 7) is 0. The summed E-state index contributed by atoms with van der Waals surface area (Å²) in [5.74, 6) is 1.08. The van der Waals surface area contributed by atoms with Gasteiger partial charge in [-0.1, -0.05) is 18.2 Å². The average Bonchev–Trinajstić information content (AvgIpc) is 2.63. The summed E-state index contributed by atoms with van der Waals surface area (Å²) in [5.41, 5.74) is 2.13. The summed E-state index contributed by atoms with van der Waals surface area (Å²) in [6.07, 6.45) is 1.64. The number of carbonyl (C=O) groups is 1. The number of hydrogen-bond acceptors (Lipinski definition) is 4. The number of rotatable bonds is 5. The van der Waals surface area contributed by atoms with Gasteiger partial charge in [0.05, 0.1) is 18.4 Å². The van der Waals surface area contributed by atoms with Crippen molar-refractivity contribution in [1.29, 1.82) is 0 Å². The zero-order valence-electron chi connectivity index (χ0n) is 13.2. The van der Waals surface area contributed by atoms with E-state index < -0.39 is 0 Å². The number of anilines is 3. The number of ether oxygens (including phenoxy) is 1. The molecule has 5 nitrogen and oxygen atoms in total. The Kier molecular flexibility index (Phi) is 4.72. The molecule has 0 saturated heterocycles. The molecule has 3 rings (SSSR count). The molecule has 2 N–H and O–H groups in total. The highest BCUT2D eigenvalue weighted by Crippen LogP contribution is 2.23. The van der Waals surface area contributed by atoms with Crippen LogP contribution in [0.2, 0.25) is 0 Å². The van der Waals surface area contributed by atoms with Gasteiger partial charge in [0.15, 0.2) is 0 Å². The van der Waals surface area contributed by atoms with Gasteiger partial charge in [-0.25, -0.2) is 4.98 Å². The third-order valence-electron chi connectivity index (χ3n) is 3.45. The Morgan fingerprint density at radius 3 is 2.42 bits per heavy atom. The quantitative estimate of drug-likeness (QED) is 0.743. The Bertz CT molecular complexity index is 818. The van der Waals surface area contributed by atoms with Crippen LogP contribution >= 0.6 is 0 Å². The Morgan fingerprint density at radius 2 is 1.71 bits per heavy atom. The first-order chi connectivity index (χ1) is 11.8. The number of methoxy groups -OCH3 is 1. The first kappa shape index (κ1) is 15.6. The van der Waals surface area contributed by atoms with Gasteiger partial charge >= 0.3 is 0 Å². The molecule has 24 heavy (non-hydrogen) atoms. The Morgan fingerprint density at radius 1 is 0.958 bits per heavy atom. The van der Waals surface area contributed by atoms with Crippen molar-refractivity contribution in [2.75, 3.05) is 17.7 Å². The predicted molar refractivity (Wildman–Crippen MR) is 94.9 cm³/mol. The van der Waals surface area contributed by atoms with Crippen LogP contribution in [0.4, 0.5) is 17.2 Å². The Labute approximate surface area is 140 Å². The minimum absolute atomic E-state index is 0.217. The molecule has 120 valence electrons. The van der Waals surface area contributed by atoms with Crippen LogP contribution in [0, 0.1) is 0 Å². The normalized spacial score (nSPS) is 10.0. The van der Waals surface area contributed by atoms with Crippen molar-refractivity contribution in [2.45, 2.75) is 0 Å². The summed E-state index contributed by atoms with van der Waals surface area (Å²) in [5, 5.41) is 6.05. The molecule has 1 amide bonds. The molecular weight excluding hydrogens is 302 g/mol. The van der Waals surface area contributed by atoms with Gasteiger partial charge in [0, 0.05) is 11.9 Å². The maximum Gasteiger partial charge on any atom is 0.258 e. The van der Waals surface area contributed by atoms with Crippen LogP contribution in [0.3, 0.4) is 0 Å². The maximum absolute atomic E-state index is 12.5. The van der Waals surface area contributed by atoms with Crippen LogP contribution in [0.15, 0.2) is 72.9 Å². The standard InChI is InChI=1S/C19H17N3O2/c1-24-15-11-9-14(10-12-15)21-17-7-3-2-6-16(17)19(23)22-18-8-4-5-13-20-18/h2-13,21H,1H3,(H,20,22,23). The monoisotopic (exact) mass is 319 g/mol. The van der Waals surface area contributed by atoms with Crippen LogP contribution in [0.5, 0.6) is 5.75 Å². The van der Waals surface area contributed by atoms with E-state index >= 15 is 0 Å². The first-order valence-electron chi connectivity index (χ1n) is 7.49. The first-order valence-corrected chi connectivity index (χ1v) is 7.49. The fourth-order valence-corrected chi connectivity index (χ4v) is 2.24. The van der Waals surface area contributed by atoms with E-state index in [0.717, 1.165) is 17.1 Å². The molecular formula is C19H17N3O2. The molecule has 1 aromatic heterocycles. The number of benzene rings is 2. The largest absolute Gasteiger partial charge is 0.497 e. The number of nitrogens with one attached hydrogen (secondary N) is 2. The van der Waals surface area contributed by atoms with E-state index in [1.54, 1.807) is 31.5 Å². The van der Waals surface area contributed by atoms with Gasteiger partial charge in [-0.05, 0) is 48.5 Å². The average molecular weight is 319 g/mol. The SMILES string of the molecule is COc1ccc(Nc2ccccc2C(=O)Nc2ccccn2)cc1. The van der Waals surface area contributed by atoms with Gasteiger partial charge in [0.25, 0.3) is 5.91 Å². The van der Waals surface area contributed by atoms with E-state index in [1.807, 2.05) is 48.5 Å². The number of aromatic nitrogens is 1. The number of amides is 1. The molecule has 0 atom stereocenters. The van der Waals surface area contributed by atoms with Crippen molar-refractivity contribution in [3.05, 3.63) is 78.5 Å². The number of nitrogens with zero attached hydrogens (tertiary/aromatic N) is 1. The molecule has 1 heterocycles. The van der Waals surface area contributed by atoms with Gasteiger partial charge in [0.1, 0.15) is 11.6 Å². The molecule has 0 radical (unpaired) electrons. The van der Waals surface area contributed by atoms with Gasteiger partial charge in [-0.2, -0.15) is 0 Å². The van der Waals surface area contributed by atoms with E-state index in [4.69, 9.17) is 4.74 Å². The lowest BCUT2D eigenvalue weighted by Gasteiger charge is -2.12. The number of para-hydroxylation sites is 1. The van der Waals surface area contributed by atoms with Crippen LogP contribution < -0.4 is 15.4 Å². The Balaban J connectivity index is 1.80. The van der Waals surface area contributed by atoms with Gasteiger partial charge in [-0.15, -0.1) is 0 Å². The third kappa shape index (κ3) is 3.70. The summed E-state index contributed by atoms with van der Waals surface area (Å²) < 4.78 is 5.15. The summed E-state index contributed by atoms with van der Waals surface area (Å²) in [6, 6.07) is 20.2. The molecule has 5 heteroatoms. The topological polar surface area (TPSA) is 63.2 Å². The highest BCUT2D eigenvalue weighted by atomic mass is 16.5. The van der Waals surface area contributed by atoms with Crippen molar-refractivity contribution in [1.82, 2.24) is 4.98 Å². The lowest BCUT2D eigenvalue weighted by atomic mass is 10.1. The molecule has 2 aromatic carbocycles. The summed E-state index contributed by atoms with van der Waals surface area (Å²) in [7, 11) is 1.62. The fourth-order valence-electron chi connectivity index (χ4n) is 2.24. The summed E-state index contributed by atoms with van der Waals surface area (Å²) >= 11 is 0. The highest BCUT2D eigenvalue weighted by molar-refractivity contribution is 6.08. The fraction of sp³-hybridized carbons (Fsp3) is 0.0526. The smallest absolute Gasteiger partial charge is 0.258 e. The lowest BCUT2D eigenvalue weighted by molar-refractivity contribution is 0.102. The molecule has 0 unspecified atom stereocenters. The number of carbonyl (C=O) groups excluding carboxylic acids is 1. The predicted octanol–water partition coefficient (Wildman–Crippen LogP) is 4.09. The second-order valence-corrected chi connectivity index (χ2v) is 5.07. The highest BCUT2D eigenvalue weighted by Gasteiger charge is 2.11. The van der Waals surface area contributed by atoms with Crippen LogP contribution in [-0.2, 0) is 0 Å². The lowest BCUT2D eigenvalue weighted by Crippen LogP contribution is -2.14. The maximum atomic E-state index is 12.5. The van der Waals surface area contributed by atoms with E-state index in [2.05, 4.69) is 15.6 Å². The van der Waals surface area contributed by atoms with Crippen molar-refractivity contribution in [3.63, 3.8) is 0 Å². The van der Waals surface area contributed by atoms with Gasteiger partial charge in [-0.3, -0.25) is 4.79 Å². The van der Waals surface area contributed by atoms with Crippen LogP contribution in [0.25, 0.3) is 0 Å². The molecule has 0 fully saturated rings. The van der Waals surface area contributed by atoms with Crippen molar-refractivity contribution < 1.29 is 9.53 Å². The zero-order valence-corrected chi connectivity index (χ0v) is 13.2. The second-order valence-electron chi connectivity index (χ2n) is 5.07. The van der Waals surface area contributed by atoms with E-state index in [1.165, 1.54) is 0 Å². The van der Waals surface area contributed by atoms with Crippen LogP contribution in [0.1, 0.15) is 10.4 Å². The Hall–Kier alpha value is -3.34. The van der Waals surface area contributed by atoms with E-state index in [0.29, 0.717) is 11.4 Å². The molecule has 0 saturated carbocycles. The van der Waals surface area contributed by atoms with Gasteiger partial charge in [0.2, 0.25) is 0 Å². The van der Waals surface area contributed by atoms with Crippen LogP contribution in [-0.4, -0.2) is 18.0 Å². The minimum atomic E-state index is -0.217. The van der Waals surface area contributed by atoms with Crippen molar-refractivity contribution in [3.8, 4) is 5.75 Å². The second kappa shape index (κ2) is 7.28. The summed E-state index contributed by atoms with van der Waals surface area (Å²) in [4.78, 5) is 16.6. The van der Waals surface area contributed by atoms with Gasteiger partial charge < -0.3 is 15.4 Å². The molecule has 0 aliphatic carbocycles.